The van der Waals surface area contributed by atoms with Crippen molar-refractivity contribution in [2.75, 3.05) is 6.61 Å². The zero-order valence-electron chi connectivity index (χ0n) is 23.3. The third kappa shape index (κ3) is 4.71. The summed E-state index contributed by atoms with van der Waals surface area (Å²) in [6.45, 7) is 8.29. The van der Waals surface area contributed by atoms with Crippen LogP contribution in [0.1, 0.15) is 63.7 Å². The van der Waals surface area contributed by atoms with Gasteiger partial charge in [-0.05, 0) is 74.2 Å². The Labute approximate surface area is 235 Å². The Balaban J connectivity index is 1.75. The summed E-state index contributed by atoms with van der Waals surface area (Å²) in [7, 11) is 0. The van der Waals surface area contributed by atoms with Gasteiger partial charge in [0.15, 0.2) is 12.2 Å². The first-order valence-corrected chi connectivity index (χ1v) is 13.6. The largest absolute Gasteiger partial charge is 0.453 e. The number of fused-ring (bicyclic) bond motifs is 1. The van der Waals surface area contributed by atoms with Crippen molar-refractivity contribution >= 4 is 11.9 Å². The summed E-state index contributed by atoms with van der Waals surface area (Å²) in [5, 5.41) is 0. The van der Waals surface area contributed by atoms with Crippen molar-refractivity contribution in [2.45, 2.75) is 50.9 Å². The van der Waals surface area contributed by atoms with Gasteiger partial charge in [-0.15, -0.1) is 0 Å². The first-order chi connectivity index (χ1) is 19.3. The lowest BCUT2D eigenvalue weighted by Crippen LogP contribution is -2.62. The minimum atomic E-state index is -1.10. The highest BCUT2D eigenvalue weighted by atomic mass is 16.6. The number of hydrogen-bond acceptors (Lipinski definition) is 5. The Kier molecular flexibility index (Phi) is 7.59. The van der Waals surface area contributed by atoms with Crippen LogP contribution in [0.3, 0.4) is 0 Å². The Morgan fingerprint density at radius 3 is 1.60 bits per heavy atom. The topological polar surface area (TPSA) is 61.8 Å². The average molecular weight is 535 g/mol. The number of carbonyl (C=O) groups excluding carboxylic acids is 2. The Bertz CT molecular complexity index is 1500. The maximum atomic E-state index is 13.7. The second kappa shape index (κ2) is 11.1. The van der Waals surface area contributed by atoms with Crippen LogP contribution in [0.15, 0.2) is 109 Å². The van der Waals surface area contributed by atoms with Crippen molar-refractivity contribution in [1.82, 2.24) is 0 Å². The fourth-order valence-electron chi connectivity index (χ4n) is 6.05. The normalized spacial score (nSPS) is 23.6. The molecule has 4 atom stereocenters. The fraction of sp³-hybridized carbons (Fsp3) is 0.257. The third-order valence-electron chi connectivity index (χ3n) is 8.04. The number of hydrogen-bond donors (Lipinski definition) is 0. The molecule has 0 heterocycles. The fourth-order valence-corrected chi connectivity index (χ4v) is 6.05. The molecule has 0 saturated carbocycles. The summed E-state index contributed by atoms with van der Waals surface area (Å²) in [5.74, 6) is -1.01. The predicted octanol–water partition coefficient (Wildman–Crippen LogP) is 7.02. The summed E-state index contributed by atoms with van der Waals surface area (Å²) in [4.78, 5) is 27.3. The van der Waals surface area contributed by atoms with Gasteiger partial charge < -0.3 is 14.2 Å². The van der Waals surface area contributed by atoms with E-state index in [9.17, 15) is 9.59 Å². The smallest absolute Gasteiger partial charge is 0.338 e. The van der Waals surface area contributed by atoms with E-state index < -0.39 is 35.2 Å². The summed E-state index contributed by atoms with van der Waals surface area (Å²) in [6, 6.07) is 33.8. The van der Waals surface area contributed by atoms with Gasteiger partial charge in [-0.3, -0.25) is 0 Å². The van der Waals surface area contributed by atoms with Gasteiger partial charge in [0.1, 0.15) is 5.60 Å². The van der Waals surface area contributed by atoms with Crippen molar-refractivity contribution < 1.29 is 23.8 Å². The highest BCUT2D eigenvalue weighted by Crippen LogP contribution is 2.53. The van der Waals surface area contributed by atoms with Crippen LogP contribution in [0, 0.1) is 6.92 Å². The number of ether oxygens (including phenoxy) is 3. The van der Waals surface area contributed by atoms with Crippen molar-refractivity contribution in [2.24, 2.45) is 0 Å². The maximum Gasteiger partial charge on any atom is 0.338 e. The Morgan fingerprint density at radius 2 is 1.07 bits per heavy atom. The molecule has 0 spiro atoms. The van der Waals surface area contributed by atoms with E-state index in [1.54, 1.807) is 48.5 Å². The van der Waals surface area contributed by atoms with E-state index in [-0.39, 0.29) is 0 Å². The van der Waals surface area contributed by atoms with Gasteiger partial charge in [-0.25, -0.2) is 9.59 Å². The molecule has 1 aliphatic rings. The van der Waals surface area contributed by atoms with Crippen LogP contribution in [-0.2, 0) is 25.2 Å². The number of aryl methyl sites for hydroxylation is 1. The lowest BCUT2D eigenvalue weighted by atomic mass is 9.59. The molecule has 204 valence electrons. The van der Waals surface area contributed by atoms with Crippen molar-refractivity contribution in [3.05, 3.63) is 143 Å². The standard InChI is InChI=1S/C35H34O5/c1-5-38-35(4)29-23-15-14-22-28(29)34(3,27-21-13-12-16-24(27)2)30(39-32(36)25-17-8-6-9-18-25)31(35)40-33(37)26-19-10-7-11-20-26/h6-23,30-31H,5H2,1-4H3/t30?,31?,34-,35-/m1/s1. The van der Waals surface area contributed by atoms with E-state index in [2.05, 4.69) is 19.1 Å². The first kappa shape index (κ1) is 27.4. The molecule has 0 N–H and O–H groups in total. The van der Waals surface area contributed by atoms with Crippen molar-refractivity contribution in [3.8, 4) is 0 Å². The lowest BCUT2D eigenvalue weighted by molar-refractivity contribution is -0.177. The zero-order valence-corrected chi connectivity index (χ0v) is 23.3. The molecule has 0 bridgehead atoms. The highest BCUT2D eigenvalue weighted by molar-refractivity contribution is 5.90. The van der Waals surface area contributed by atoms with E-state index in [4.69, 9.17) is 14.2 Å². The summed E-state index contributed by atoms with van der Waals surface area (Å²) < 4.78 is 19.3. The Morgan fingerprint density at radius 1 is 0.625 bits per heavy atom. The van der Waals surface area contributed by atoms with Crippen LogP contribution in [0.2, 0.25) is 0 Å². The van der Waals surface area contributed by atoms with Crippen LogP contribution in [0.4, 0.5) is 0 Å². The van der Waals surface area contributed by atoms with Gasteiger partial charge in [-0.1, -0.05) is 84.9 Å². The monoisotopic (exact) mass is 534 g/mol. The SMILES string of the molecule is CCO[C@]1(C)c2ccccc2[C@@](C)(c2ccccc2C)C(OC(=O)c2ccccc2)C1OC(=O)c1ccccc1. The van der Waals surface area contributed by atoms with Crippen LogP contribution in [0.5, 0.6) is 0 Å². The number of benzene rings is 4. The van der Waals surface area contributed by atoms with Gasteiger partial charge in [0.2, 0.25) is 0 Å². The minimum Gasteiger partial charge on any atom is -0.453 e. The predicted molar refractivity (Wildman–Crippen MR) is 154 cm³/mol. The maximum absolute atomic E-state index is 13.7. The van der Waals surface area contributed by atoms with Crippen LogP contribution < -0.4 is 0 Å². The molecule has 0 saturated heterocycles. The van der Waals surface area contributed by atoms with Gasteiger partial charge in [0.05, 0.1) is 16.5 Å². The number of carbonyl (C=O) groups is 2. The molecule has 2 unspecified atom stereocenters. The third-order valence-corrected chi connectivity index (χ3v) is 8.04. The van der Waals surface area contributed by atoms with Gasteiger partial charge in [0, 0.05) is 6.61 Å². The van der Waals surface area contributed by atoms with Crippen LogP contribution in [-0.4, -0.2) is 30.8 Å². The summed E-state index contributed by atoms with van der Waals surface area (Å²) in [6.07, 6.45) is -1.88. The molecule has 0 radical (unpaired) electrons. The van der Waals surface area contributed by atoms with E-state index in [0.717, 1.165) is 22.3 Å². The van der Waals surface area contributed by atoms with Crippen LogP contribution in [0.25, 0.3) is 0 Å². The van der Waals surface area contributed by atoms with Gasteiger partial charge in [0.25, 0.3) is 0 Å². The number of rotatable bonds is 7. The van der Waals surface area contributed by atoms with E-state index >= 15 is 0 Å². The molecule has 5 nitrogen and oxygen atoms in total. The number of esters is 2. The molecule has 4 aromatic rings. The molecule has 5 rings (SSSR count). The first-order valence-electron chi connectivity index (χ1n) is 13.6. The quantitative estimate of drug-likeness (QED) is 0.239. The molecule has 0 aliphatic heterocycles. The molecule has 5 heteroatoms. The zero-order chi connectivity index (χ0) is 28.3. The Hall–Kier alpha value is -4.22. The van der Waals surface area contributed by atoms with Gasteiger partial charge >= 0.3 is 11.9 Å². The minimum absolute atomic E-state index is 0.366. The molecule has 0 amide bonds. The molecular weight excluding hydrogens is 500 g/mol. The second-order valence-corrected chi connectivity index (χ2v) is 10.5. The van der Waals surface area contributed by atoms with Gasteiger partial charge in [-0.2, -0.15) is 0 Å². The summed E-state index contributed by atoms with van der Waals surface area (Å²) in [5.41, 5.74) is 2.72. The average Bonchev–Trinajstić information content (AvgIpc) is 2.99. The highest BCUT2D eigenvalue weighted by Gasteiger charge is 2.60. The molecular formula is C35H34O5. The van der Waals surface area contributed by atoms with E-state index in [1.807, 2.05) is 69.3 Å². The molecule has 0 fully saturated rings. The lowest BCUT2D eigenvalue weighted by Gasteiger charge is -2.53. The molecule has 4 aromatic carbocycles. The van der Waals surface area contributed by atoms with Crippen molar-refractivity contribution in [1.29, 1.82) is 0 Å². The summed E-state index contributed by atoms with van der Waals surface area (Å²) >= 11 is 0. The molecule has 1 aliphatic carbocycles. The molecule has 40 heavy (non-hydrogen) atoms. The molecule has 0 aromatic heterocycles. The van der Waals surface area contributed by atoms with E-state index in [1.165, 1.54) is 0 Å². The van der Waals surface area contributed by atoms with Crippen LogP contribution >= 0.6 is 0 Å². The second-order valence-electron chi connectivity index (χ2n) is 10.5. The van der Waals surface area contributed by atoms with Crippen molar-refractivity contribution in [3.63, 3.8) is 0 Å². The van der Waals surface area contributed by atoms with E-state index in [0.29, 0.717) is 17.7 Å².